The molecule has 0 amide bonds. The van der Waals surface area contributed by atoms with Gasteiger partial charge in [-0.15, -0.1) is 11.3 Å². The van der Waals surface area contributed by atoms with Crippen LogP contribution >= 0.6 is 11.3 Å². The van der Waals surface area contributed by atoms with Crippen LogP contribution in [0.4, 0.5) is 0 Å². The summed E-state index contributed by atoms with van der Waals surface area (Å²) in [6.45, 7) is 4.74. The fourth-order valence-corrected chi connectivity index (χ4v) is 10.1. The van der Waals surface area contributed by atoms with Gasteiger partial charge in [-0.3, -0.25) is 0 Å². The second kappa shape index (κ2) is 9.31. The summed E-state index contributed by atoms with van der Waals surface area (Å²) in [5, 5.41) is 13.3. The second-order valence-corrected chi connectivity index (χ2v) is 15.1. The first-order chi connectivity index (χ1) is 23.6. The molecule has 0 nitrogen and oxygen atoms in total. The fourth-order valence-electron chi connectivity index (χ4n) is 8.98. The van der Waals surface area contributed by atoms with Crippen LogP contribution < -0.4 is 0 Å². The Kier molecular flexibility index (Phi) is 5.15. The van der Waals surface area contributed by atoms with E-state index in [1.54, 1.807) is 0 Å². The third kappa shape index (κ3) is 3.39. The van der Waals surface area contributed by atoms with Gasteiger partial charge >= 0.3 is 0 Å². The van der Waals surface area contributed by atoms with E-state index < -0.39 is 0 Å². The maximum atomic E-state index is 2.44. The topological polar surface area (TPSA) is 0 Å². The van der Waals surface area contributed by atoms with Crippen molar-refractivity contribution in [1.82, 2.24) is 0 Å². The van der Waals surface area contributed by atoms with E-state index in [2.05, 4.69) is 159 Å². The third-order valence-corrected chi connectivity index (χ3v) is 12.4. The lowest BCUT2D eigenvalue weighted by molar-refractivity contribution is 0.661. The van der Waals surface area contributed by atoms with Gasteiger partial charge in [0, 0.05) is 25.6 Å². The zero-order chi connectivity index (χ0) is 31.7. The average molecular weight is 627 g/mol. The number of fused-ring (bicyclic) bond motifs is 8. The number of hydrogen-bond donors (Lipinski definition) is 0. The number of rotatable bonds is 2. The van der Waals surface area contributed by atoms with Crippen LogP contribution in [0.1, 0.15) is 25.0 Å². The van der Waals surface area contributed by atoms with Gasteiger partial charge in [0.05, 0.1) is 0 Å². The van der Waals surface area contributed by atoms with Crippen LogP contribution in [0.25, 0.3) is 96.6 Å². The predicted octanol–water partition coefficient (Wildman–Crippen LogP) is 13.7. The summed E-state index contributed by atoms with van der Waals surface area (Å²) in [6.07, 6.45) is 0. The Bertz CT molecular complexity index is 2970. The number of thiophene rings is 1. The summed E-state index contributed by atoms with van der Waals surface area (Å²) >= 11 is 1.93. The molecule has 9 aromatic carbocycles. The monoisotopic (exact) mass is 626 g/mol. The molecule has 0 saturated heterocycles. The lowest BCUT2D eigenvalue weighted by Gasteiger charge is -2.21. The molecule has 11 rings (SSSR count). The smallest absolute Gasteiger partial charge is 0.0361 e. The van der Waals surface area contributed by atoms with Crippen molar-refractivity contribution in [2.45, 2.75) is 19.3 Å². The Labute approximate surface area is 282 Å². The molecule has 1 aromatic heterocycles. The van der Waals surface area contributed by atoms with Crippen molar-refractivity contribution < 1.29 is 0 Å². The molecule has 0 aliphatic heterocycles. The minimum absolute atomic E-state index is 0.00348. The van der Waals surface area contributed by atoms with Crippen LogP contribution in [0.15, 0.2) is 146 Å². The van der Waals surface area contributed by atoms with Gasteiger partial charge in [0.15, 0.2) is 0 Å². The van der Waals surface area contributed by atoms with E-state index >= 15 is 0 Å². The van der Waals surface area contributed by atoms with E-state index in [9.17, 15) is 0 Å². The van der Waals surface area contributed by atoms with E-state index in [0.717, 1.165) is 0 Å². The molecule has 0 unspecified atom stereocenters. The Morgan fingerprint density at radius 2 is 1.04 bits per heavy atom. The number of benzene rings is 9. The Morgan fingerprint density at radius 1 is 0.396 bits per heavy atom. The molecule has 10 aromatic rings. The molecule has 0 bridgehead atoms. The van der Waals surface area contributed by atoms with Crippen molar-refractivity contribution in [2.75, 3.05) is 0 Å². The molecular weight excluding hydrogens is 597 g/mol. The van der Waals surface area contributed by atoms with Crippen molar-refractivity contribution in [3.05, 3.63) is 157 Å². The van der Waals surface area contributed by atoms with Gasteiger partial charge in [0.1, 0.15) is 0 Å². The minimum Gasteiger partial charge on any atom is -0.135 e. The summed E-state index contributed by atoms with van der Waals surface area (Å²) in [5.41, 5.74) is 10.8. The first-order valence-electron chi connectivity index (χ1n) is 16.8. The third-order valence-electron chi connectivity index (χ3n) is 11.2. The SMILES string of the molecule is CC1(C)c2ccccc2-c2c1ccc1sc3cc(-c4ccc5ccc6c(-c7cccc8ccccc78)ccc7ccc4c5c76)ccc3c21. The van der Waals surface area contributed by atoms with Crippen molar-refractivity contribution in [3.8, 4) is 33.4 Å². The molecule has 0 radical (unpaired) electrons. The lowest BCUT2D eigenvalue weighted by atomic mass is 9.82. The Balaban J connectivity index is 1.14. The highest BCUT2D eigenvalue weighted by Gasteiger charge is 2.36. The Morgan fingerprint density at radius 3 is 1.90 bits per heavy atom. The first kappa shape index (κ1) is 26.6. The molecule has 224 valence electrons. The Hall–Kier alpha value is -5.50. The fraction of sp³-hybridized carbons (Fsp3) is 0.0638. The maximum Gasteiger partial charge on any atom is 0.0361 e. The summed E-state index contributed by atoms with van der Waals surface area (Å²) in [6, 6.07) is 54.9. The summed E-state index contributed by atoms with van der Waals surface area (Å²) in [4.78, 5) is 0. The van der Waals surface area contributed by atoms with E-state index in [-0.39, 0.29) is 5.41 Å². The molecule has 0 N–H and O–H groups in total. The van der Waals surface area contributed by atoms with Crippen molar-refractivity contribution in [2.24, 2.45) is 0 Å². The molecule has 0 atom stereocenters. The minimum atomic E-state index is 0.00348. The van der Waals surface area contributed by atoms with Gasteiger partial charge in [-0.2, -0.15) is 0 Å². The highest BCUT2D eigenvalue weighted by atomic mass is 32.1. The zero-order valence-corrected chi connectivity index (χ0v) is 27.6. The van der Waals surface area contributed by atoms with Crippen LogP contribution in [0.5, 0.6) is 0 Å². The van der Waals surface area contributed by atoms with Crippen molar-refractivity contribution in [1.29, 1.82) is 0 Å². The number of hydrogen-bond acceptors (Lipinski definition) is 1. The molecular formula is C47H30S. The first-order valence-corrected chi connectivity index (χ1v) is 17.7. The molecule has 0 spiro atoms. The highest BCUT2D eigenvalue weighted by Crippen LogP contribution is 2.54. The quantitative estimate of drug-likeness (QED) is 0.168. The van der Waals surface area contributed by atoms with E-state index in [0.29, 0.717) is 0 Å². The average Bonchev–Trinajstić information content (AvgIpc) is 3.61. The zero-order valence-electron chi connectivity index (χ0n) is 26.8. The van der Waals surface area contributed by atoms with Crippen LogP contribution in [0, 0.1) is 0 Å². The van der Waals surface area contributed by atoms with Crippen molar-refractivity contribution in [3.63, 3.8) is 0 Å². The predicted molar refractivity (Wildman–Crippen MR) is 209 cm³/mol. The highest BCUT2D eigenvalue weighted by molar-refractivity contribution is 7.26. The van der Waals surface area contributed by atoms with Gasteiger partial charge in [-0.25, -0.2) is 0 Å². The van der Waals surface area contributed by atoms with Crippen LogP contribution in [-0.2, 0) is 5.41 Å². The summed E-state index contributed by atoms with van der Waals surface area (Å²) < 4.78 is 2.71. The largest absolute Gasteiger partial charge is 0.135 e. The summed E-state index contributed by atoms with van der Waals surface area (Å²) in [5.74, 6) is 0. The van der Waals surface area contributed by atoms with Gasteiger partial charge < -0.3 is 0 Å². The van der Waals surface area contributed by atoms with Crippen LogP contribution in [-0.4, -0.2) is 0 Å². The molecule has 0 saturated carbocycles. The van der Waals surface area contributed by atoms with E-state index in [4.69, 9.17) is 0 Å². The molecule has 1 heterocycles. The van der Waals surface area contributed by atoms with Crippen LogP contribution in [0.3, 0.4) is 0 Å². The van der Waals surface area contributed by atoms with Gasteiger partial charge in [0.2, 0.25) is 0 Å². The van der Waals surface area contributed by atoms with Crippen LogP contribution in [0.2, 0.25) is 0 Å². The maximum absolute atomic E-state index is 2.44. The standard InChI is InChI=1S/C47H30S/c1-47(2)39-13-6-5-11-37(39)45-40(47)24-25-41-46(45)38-23-18-30(26-42(38)48-41)32-19-14-28-17-22-36-34(20-15-29-16-21-35(32)43(28)44(29)36)33-12-7-9-27-8-3-4-10-31(27)33/h3-26H,1-2H3. The molecule has 0 fully saturated rings. The lowest BCUT2D eigenvalue weighted by Crippen LogP contribution is -2.14. The normalized spacial score (nSPS) is 13.8. The van der Waals surface area contributed by atoms with E-state index in [1.807, 2.05) is 11.3 Å². The molecule has 1 aliphatic carbocycles. The van der Waals surface area contributed by atoms with Gasteiger partial charge in [-0.1, -0.05) is 147 Å². The molecule has 48 heavy (non-hydrogen) atoms. The molecule has 1 heteroatoms. The van der Waals surface area contributed by atoms with Gasteiger partial charge in [-0.05, 0) is 99.7 Å². The summed E-state index contributed by atoms with van der Waals surface area (Å²) in [7, 11) is 0. The van der Waals surface area contributed by atoms with Crippen molar-refractivity contribution >= 4 is 74.6 Å². The molecule has 1 aliphatic rings. The second-order valence-electron chi connectivity index (χ2n) is 14.0. The van der Waals surface area contributed by atoms with Gasteiger partial charge in [0.25, 0.3) is 0 Å². The van der Waals surface area contributed by atoms with E-state index in [1.165, 1.54) is 108 Å².